The average Bonchev–Trinajstić information content (AvgIpc) is 2.14. The third kappa shape index (κ3) is 4.73. The summed E-state index contributed by atoms with van der Waals surface area (Å²) in [5.74, 6) is 1.18. The highest BCUT2D eigenvalue weighted by atomic mass is 19.4. The van der Waals surface area contributed by atoms with E-state index in [1.54, 1.807) is 0 Å². The highest BCUT2D eigenvalue weighted by molar-refractivity contribution is 4.83. The van der Waals surface area contributed by atoms with E-state index in [-0.39, 0.29) is 6.42 Å². The van der Waals surface area contributed by atoms with Crippen molar-refractivity contribution in [2.75, 3.05) is 6.54 Å². The highest BCUT2D eigenvalue weighted by Crippen LogP contribution is 2.29. The number of hydrogen-bond donors (Lipinski definition) is 1. The summed E-state index contributed by atoms with van der Waals surface area (Å²) in [7, 11) is 0. The Kier molecular flexibility index (Phi) is 5.09. The molecule has 1 aliphatic carbocycles. The number of halogens is 3. The van der Waals surface area contributed by atoms with Crippen molar-refractivity contribution in [3.63, 3.8) is 0 Å². The molecule has 0 aliphatic heterocycles. The van der Waals surface area contributed by atoms with Gasteiger partial charge in [0.05, 0.1) is 0 Å². The molecule has 0 aromatic carbocycles. The zero-order valence-electron chi connectivity index (χ0n) is 10.1. The Morgan fingerprint density at radius 1 is 1.12 bits per heavy atom. The molecule has 2 atom stereocenters. The smallest absolute Gasteiger partial charge is 0.313 e. The first-order valence-electron chi connectivity index (χ1n) is 6.20. The lowest BCUT2D eigenvalue weighted by atomic mass is 9.79. The number of rotatable bonds is 4. The minimum atomic E-state index is -4.01. The first kappa shape index (κ1) is 13.8. The van der Waals surface area contributed by atoms with Gasteiger partial charge in [-0.3, -0.25) is 0 Å². The lowest BCUT2D eigenvalue weighted by molar-refractivity contribution is -0.135. The molecule has 0 amide bonds. The van der Waals surface area contributed by atoms with Crippen LogP contribution in [0.3, 0.4) is 0 Å². The topological polar surface area (TPSA) is 12.0 Å². The molecule has 16 heavy (non-hydrogen) atoms. The van der Waals surface area contributed by atoms with Crippen molar-refractivity contribution in [3.05, 3.63) is 0 Å². The van der Waals surface area contributed by atoms with Crippen LogP contribution in [0.2, 0.25) is 0 Å². The van der Waals surface area contributed by atoms with Crippen LogP contribution in [0.5, 0.6) is 0 Å². The molecule has 0 bridgehead atoms. The molecule has 0 saturated heterocycles. The Bertz CT molecular complexity index is 193. The van der Waals surface area contributed by atoms with Crippen LogP contribution in [-0.2, 0) is 0 Å². The third-order valence-corrected chi connectivity index (χ3v) is 3.56. The standard InChI is InChI=1S/C12H22F3N/c1-9-5-3-6-10(2)11(9)16-8-4-7-12(13,14)15/h9-11,16H,3-8H2,1-2H3. The first-order chi connectivity index (χ1) is 7.40. The van der Waals surface area contributed by atoms with E-state index in [4.69, 9.17) is 0 Å². The van der Waals surface area contributed by atoms with Gasteiger partial charge in [0.25, 0.3) is 0 Å². The number of nitrogens with one attached hydrogen (secondary N) is 1. The molecule has 1 N–H and O–H groups in total. The number of hydrogen-bond acceptors (Lipinski definition) is 1. The minimum Gasteiger partial charge on any atom is -0.313 e. The predicted octanol–water partition coefficient (Wildman–Crippen LogP) is 3.74. The fraction of sp³-hybridized carbons (Fsp3) is 1.00. The lowest BCUT2D eigenvalue weighted by Crippen LogP contribution is -2.43. The van der Waals surface area contributed by atoms with Gasteiger partial charge in [-0.05, 0) is 37.6 Å². The second-order valence-corrected chi connectivity index (χ2v) is 5.08. The molecule has 1 nitrogen and oxygen atoms in total. The fourth-order valence-corrected chi connectivity index (χ4v) is 2.64. The van der Waals surface area contributed by atoms with Gasteiger partial charge >= 0.3 is 6.18 Å². The summed E-state index contributed by atoms with van der Waals surface area (Å²) in [5.41, 5.74) is 0. The molecule has 1 rings (SSSR count). The quantitative estimate of drug-likeness (QED) is 0.734. The molecule has 4 heteroatoms. The van der Waals surface area contributed by atoms with Crippen molar-refractivity contribution in [2.24, 2.45) is 11.8 Å². The molecule has 0 heterocycles. The second-order valence-electron chi connectivity index (χ2n) is 5.08. The largest absolute Gasteiger partial charge is 0.389 e. The maximum Gasteiger partial charge on any atom is 0.389 e. The van der Waals surface area contributed by atoms with Gasteiger partial charge in [0, 0.05) is 12.5 Å². The summed E-state index contributed by atoms with van der Waals surface area (Å²) >= 11 is 0. The van der Waals surface area contributed by atoms with Crippen LogP contribution in [0.4, 0.5) is 13.2 Å². The van der Waals surface area contributed by atoms with Crippen LogP contribution in [0.15, 0.2) is 0 Å². The summed E-state index contributed by atoms with van der Waals surface area (Å²) in [6.45, 7) is 4.87. The molecule has 1 fully saturated rings. The SMILES string of the molecule is CC1CCCC(C)C1NCCCC(F)(F)F. The number of alkyl halides is 3. The summed E-state index contributed by atoms with van der Waals surface area (Å²) in [6, 6.07) is 0.405. The molecule has 0 aromatic heterocycles. The van der Waals surface area contributed by atoms with Crippen molar-refractivity contribution in [1.82, 2.24) is 5.32 Å². The molecular formula is C12H22F3N. The Morgan fingerprint density at radius 3 is 2.19 bits per heavy atom. The minimum absolute atomic E-state index is 0.194. The Labute approximate surface area is 95.8 Å². The van der Waals surface area contributed by atoms with Gasteiger partial charge in [-0.2, -0.15) is 13.2 Å². The highest BCUT2D eigenvalue weighted by Gasteiger charge is 2.28. The second kappa shape index (κ2) is 5.89. The maximum absolute atomic E-state index is 11.9. The van der Waals surface area contributed by atoms with Gasteiger partial charge in [-0.15, -0.1) is 0 Å². The van der Waals surface area contributed by atoms with Crippen molar-refractivity contribution < 1.29 is 13.2 Å². The Balaban J connectivity index is 2.20. The zero-order valence-corrected chi connectivity index (χ0v) is 10.1. The Morgan fingerprint density at radius 2 is 1.69 bits per heavy atom. The zero-order chi connectivity index (χ0) is 12.2. The van der Waals surface area contributed by atoms with E-state index in [9.17, 15) is 13.2 Å². The first-order valence-corrected chi connectivity index (χ1v) is 6.20. The summed E-state index contributed by atoms with van der Waals surface area (Å²) in [4.78, 5) is 0. The molecule has 2 unspecified atom stereocenters. The fourth-order valence-electron chi connectivity index (χ4n) is 2.64. The maximum atomic E-state index is 11.9. The van der Waals surface area contributed by atoms with Crippen molar-refractivity contribution in [2.45, 2.75) is 58.2 Å². The lowest BCUT2D eigenvalue weighted by Gasteiger charge is -2.35. The van der Waals surface area contributed by atoms with E-state index in [1.807, 2.05) is 0 Å². The summed E-state index contributed by atoms with van der Waals surface area (Å²) in [6.07, 6.45) is -0.841. The van der Waals surface area contributed by atoms with Gasteiger partial charge < -0.3 is 5.32 Å². The van der Waals surface area contributed by atoms with E-state index in [0.717, 1.165) is 0 Å². The molecule has 1 saturated carbocycles. The van der Waals surface area contributed by atoms with E-state index in [2.05, 4.69) is 19.2 Å². The van der Waals surface area contributed by atoms with E-state index < -0.39 is 12.6 Å². The van der Waals surface area contributed by atoms with Crippen LogP contribution in [-0.4, -0.2) is 18.8 Å². The monoisotopic (exact) mass is 237 g/mol. The molecular weight excluding hydrogens is 215 g/mol. The van der Waals surface area contributed by atoms with Crippen LogP contribution < -0.4 is 5.32 Å². The Hall–Kier alpha value is -0.250. The van der Waals surface area contributed by atoms with Crippen LogP contribution in [0.25, 0.3) is 0 Å². The van der Waals surface area contributed by atoms with Crippen LogP contribution >= 0.6 is 0 Å². The van der Waals surface area contributed by atoms with Crippen molar-refractivity contribution >= 4 is 0 Å². The van der Waals surface area contributed by atoms with E-state index in [0.29, 0.717) is 24.4 Å². The van der Waals surface area contributed by atoms with Crippen LogP contribution in [0.1, 0.15) is 46.0 Å². The molecule has 0 aromatic rings. The van der Waals surface area contributed by atoms with Crippen molar-refractivity contribution in [1.29, 1.82) is 0 Å². The van der Waals surface area contributed by atoms with Gasteiger partial charge in [0.2, 0.25) is 0 Å². The third-order valence-electron chi connectivity index (χ3n) is 3.56. The molecule has 96 valence electrons. The molecule has 0 spiro atoms. The summed E-state index contributed by atoms with van der Waals surface area (Å²) < 4.78 is 35.8. The normalized spacial score (nSPS) is 31.7. The van der Waals surface area contributed by atoms with Crippen molar-refractivity contribution in [3.8, 4) is 0 Å². The van der Waals surface area contributed by atoms with E-state index >= 15 is 0 Å². The van der Waals surface area contributed by atoms with Gasteiger partial charge in [-0.25, -0.2) is 0 Å². The van der Waals surface area contributed by atoms with Crippen LogP contribution in [0, 0.1) is 11.8 Å². The average molecular weight is 237 g/mol. The predicted molar refractivity (Wildman–Crippen MR) is 59.3 cm³/mol. The molecule has 1 aliphatic rings. The van der Waals surface area contributed by atoms with Gasteiger partial charge in [0.1, 0.15) is 0 Å². The van der Waals surface area contributed by atoms with Gasteiger partial charge in [0.15, 0.2) is 0 Å². The van der Waals surface area contributed by atoms with E-state index in [1.165, 1.54) is 19.3 Å². The molecule has 0 radical (unpaired) electrons. The summed E-state index contributed by atoms with van der Waals surface area (Å²) in [5, 5.41) is 3.29. The van der Waals surface area contributed by atoms with Gasteiger partial charge in [-0.1, -0.05) is 20.3 Å².